The molecule has 0 saturated carbocycles. The van der Waals surface area contributed by atoms with Gasteiger partial charge in [0.2, 0.25) is 0 Å². The molecular formula is C10H8ClNO. The van der Waals surface area contributed by atoms with Crippen molar-refractivity contribution in [2.75, 3.05) is 0 Å². The van der Waals surface area contributed by atoms with Gasteiger partial charge in [-0.25, -0.2) is 0 Å². The summed E-state index contributed by atoms with van der Waals surface area (Å²) in [7, 11) is 0. The molecule has 0 aliphatic heterocycles. The van der Waals surface area contributed by atoms with Crippen LogP contribution in [0.25, 0.3) is 11.3 Å². The first kappa shape index (κ1) is 8.32. The van der Waals surface area contributed by atoms with Crippen LogP contribution in [0.4, 0.5) is 0 Å². The Labute approximate surface area is 81.1 Å². The second kappa shape index (κ2) is 3.62. The molecule has 2 nitrogen and oxygen atoms in total. The largest absolute Gasteiger partial charge is 0.364 e. The lowest BCUT2D eigenvalue weighted by Gasteiger charge is -1.96. The van der Waals surface area contributed by atoms with E-state index in [0.717, 1.165) is 16.8 Å². The summed E-state index contributed by atoms with van der Waals surface area (Å²) in [4.78, 5) is 0. The highest BCUT2D eigenvalue weighted by atomic mass is 35.5. The number of rotatable bonds is 2. The molecule has 0 aliphatic rings. The van der Waals surface area contributed by atoms with Crippen LogP contribution in [-0.2, 0) is 5.88 Å². The summed E-state index contributed by atoms with van der Waals surface area (Å²) >= 11 is 5.67. The molecule has 0 atom stereocenters. The standard InChI is InChI=1S/C10H8ClNO/c11-7-8-1-3-9(4-2-8)10-5-6-13-12-10/h1-6H,7H2. The second-order valence-electron chi connectivity index (χ2n) is 2.72. The Hall–Kier alpha value is -1.28. The van der Waals surface area contributed by atoms with Crippen molar-refractivity contribution < 1.29 is 4.52 Å². The zero-order chi connectivity index (χ0) is 9.10. The van der Waals surface area contributed by atoms with Gasteiger partial charge in [0.1, 0.15) is 12.0 Å². The maximum Gasteiger partial charge on any atom is 0.124 e. The first-order valence-corrected chi connectivity index (χ1v) is 4.49. The lowest BCUT2D eigenvalue weighted by Crippen LogP contribution is -1.79. The lowest BCUT2D eigenvalue weighted by molar-refractivity contribution is 0.422. The molecular weight excluding hydrogens is 186 g/mol. The van der Waals surface area contributed by atoms with Crippen LogP contribution in [-0.4, -0.2) is 5.16 Å². The SMILES string of the molecule is ClCc1ccc(-c2ccon2)cc1. The van der Waals surface area contributed by atoms with Gasteiger partial charge in [0.05, 0.1) is 0 Å². The molecule has 2 aromatic rings. The monoisotopic (exact) mass is 193 g/mol. The summed E-state index contributed by atoms with van der Waals surface area (Å²) in [6.07, 6.45) is 1.56. The van der Waals surface area contributed by atoms with E-state index in [4.69, 9.17) is 16.1 Å². The summed E-state index contributed by atoms with van der Waals surface area (Å²) in [5.74, 6) is 0.541. The van der Waals surface area contributed by atoms with E-state index >= 15 is 0 Å². The van der Waals surface area contributed by atoms with Gasteiger partial charge in [-0.1, -0.05) is 29.4 Å². The molecule has 0 fully saturated rings. The normalized spacial score (nSPS) is 10.2. The third kappa shape index (κ3) is 1.73. The maximum atomic E-state index is 5.67. The molecule has 1 heterocycles. The van der Waals surface area contributed by atoms with Crippen molar-refractivity contribution in [3.63, 3.8) is 0 Å². The van der Waals surface area contributed by atoms with Crippen molar-refractivity contribution in [3.8, 4) is 11.3 Å². The van der Waals surface area contributed by atoms with Crippen molar-refractivity contribution in [1.82, 2.24) is 5.16 Å². The van der Waals surface area contributed by atoms with Gasteiger partial charge in [0.25, 0.3) is 0 Å². The summed E-state index contributed by atoms with van der Waals surface area (Å²) in [6.45, 7) is 0. The Morgan fingerprint density at radius 3 is 2.46 bits per heavy atom. The molecule has 3 heteroatoms. The minimum atomic E-state index is 0.541. The average molecular weight is 194 g/mol. The Morgan fingerprint density at radius 2 is 1.92 bits per heavy atom. The molecule has 0 unspecified atom stereocenters. The van der Waals surface area contributed by atoms with E-state index in [1.165, 1.54) is 0 Å². The number of aromatic nitrogens is 1. The van der Waals surface area contributed by atoms with Crippen LogP contribution in [0.1, 0.15) is 5.56 Å². The molecule has 1 aromatic carbocycles. The van der Waals surface area contributed by atoms with Gasteiger partial charge in [-0.2, -0.15) is 0 Å². The quantitative estimate of drug-likeness (QED) is 0.686. The number of hydrogen-bond donors (Lipinski definition) is 0. The van der Waals surface area contributed by atoms with E-state index in [1.807, 2.05) is 30.3 Å². The number of benzene rings is 1. The zero-order valence-corrected chi connectivity index (χ0v) is 7.66. The van der Waals surface area contributed by atoms with Gasteiger partial charge in [-0.05, 0) is 5.56 Å². The summed E-state index contributed by atoms with van der Waals surface area (Å²) in [6, 6.07) is 9.76. The fourth-order valence-electron chi connectivity index (χ4n) is 1.13. The minimum Gasteiger partial charge on any atom is -0.364 e. The molecule has 0 amide bonds. The molecule has 66 valence electrons. The van der Waals surface area contributed by atoms with Crippen molar-refractivity contribution >= 4 is 11.6 Å². The van der Waals surface area contributed by atoms with Gasteiger partial charge < -0.3 is 4.52 Å². The average Bonchev–Trinajstić information content (AvgIpc) is 2.71. The smallest absolute Gasteiger partial charge is 0.124 e. The van der Waals surface area contributed by atoms with E-state index in [-0.39, 0.29) is 0 Å². The van der Waals surface area contributed by atoms with Crippen LogP contribution in [0.5, 0.6) is 0 Å². The molecule has 13 heavy (non-hydrogen) atoms. The van der Waals surface area contributed by atoms with E-state index in [2.05, 4.69) is 5.16 Å². The van der Waals surface area contributed by atoms with Crippen molar-refractivity contribution in [1.29, 1.82) is 0 Å². The van der Waals surface area contributed by atoms with E-state index in [1.54, 1.807) is 6.26 Å². The van der Waals surface area contributed by atoms with Crippen molar-refractivity contribution in [3.05, 3.63) is 42.2 Å². The Balaban J connectivity index is 2.33. The third-order valence-electron chi connectivity index (χ3n) is 1.84. The highest BCUT2D eigenvalue weighted by Crippen LogP contribution is 2.17. The first-order valence-electron chi connectivity index (χ1n) is 3.96. The molecule has 0 aliphatic carbocycles. The molecule has 0 N–H and O–H groups in total. The first-order chi connectivity index (χ1) is 6.40. The van der Waals surface area contributed by atoms with Crippen LogP contribution in [0, 0.1) is 0 Å². The van der Waals surface area contributed by atoms with Crippen LogP contribution in [0.15, 0.2) is 41.1 Å². The molecule has 0 saturated heterocycles. The predicted molar refractivity (Wildman–Crippen MR) is 51.5 cm³/mol. The predicted octanol–water partition coefficient (Wildman–Crippen LogP) is 3.08. The van der Waals surface area contributed by atoms with E-state index < -0.39 is 0 Å². The maximum absolute atomic E-state index is 5.67. The van der Waals surface area contributed by atoms with Gasteiger partial charge in [0.15, 0.2) is 0 Å². The molecule has 2 rings (SSSR count). The Morgan fingerprint density at radius 1 is 1.15 bits per heavy atom. The zero-order valence-electron chi connectivity index (χ0n) is 6.90. The van der Waals surface area contributed by atoms with Crippen molar-refractivity contribution in [2.24, 2.45) is 0 Å². The molecule has 1 aromatic heterocycles. The Kier molecular flexibility index (Phi) is 2.32. The van der Waals surface area contributed by atoms with Crippen LogP contribution in [0.2, 0.25) is 0 Å². The van der Waals surface area contributed by atoms with Crippen LogP contribution >= 0.6 is 11.6 Å². The van der Waals surface area contributed by atoms with Crippen LogP contribution in [0.3, 0.4) is 0 Å². The summed E-state index contributed by atoms with van der Waals surface area (Å²) in [5.41, 5.74) is 3.00. The van der Waals surface area contributed by atoms with Crippen LogP contribution < -0.4 is 0 Å². The van der Waals surface area contributed by atoms with Gasteiger partial charge in [-0.15, -0.1) is 11.6 Å². The number of halogens is 1. The number of nitrogens with zero attached hydrogens (tertiary/aromatic N) is 1. The topological polar surface area (TPSA) is 26.0 Å². The van der Waals surface area contributed by atoms with Gasteiger partial charge >= 0.3 is 0 Å². The molecule has 0 bridgehead atoms. The minimum absolute atomic E-state index is 0.541. The fraction of sp³-hybridized carbons (Fsp3) is 0.100. The summed E-state index contributed by atoms with van der Waals surface area (Å²) < 4.78 is 4.75. The highest BCUT2D eigenvalue weighted by molar-refractivity contribution is 6.17. The fourth-order valence-corrected chi connectivity index (χ4v) is 1.30. The molecule has 0 spiro atoms. The third-order valence-corrected chi connectivity index (χ3v) is 2.15. The summed E-state index contributed by atoms with van der Waals surface area (Å²) in [5, 5.41) is 3.83. The van der Waals surface area contributed by atoms with E-state index in [0.29, 0.717) is 5.88 Å². The van der Waals surface area contributed by atoms with Gasteiger partial charge in [0, 0.05) is 17.5 Å². The number of alkyl halides is 1. The number of hydrogen-bond acceptors (Lipinski definition) is 2. The Bertz CT molecular complexity index is 366. The highest BCUT2D eigenvalue weighted by Gasteiger charge is 1.99. The second-order valence-corrected chi connectivity index (χ2v) is 2.98. The molecule has 0 radical (unpaired) electrons. The van der Waals surface area contributed by atoms with Gasteiger partial charge in [-0.3, -0.25) is 0 Å². The van der Waals surface area contributed by atoms with E-state index in [9.17, 15) is 0 Å². The lowest BCUT2D eigenvalue weighted by atomic mass is 10.1. The van der Waals surface area contributed by atoms with Crippen molar-refractivity contribution in [2.45, 2.75) is 5.88 Å².